The van der Waals surface area contributed by atoms with E-state index in [1.54, 1.807) is 5.38 Å². The molecule has 1 aliphatic heterocycles. The third-order valence-electron chi connectivity index (χ3n) is 2.49. The molecule has 0 aromatic carbocycles. The van der Waals surface area contributed by atoms with Gasteiger partial charge in [0, 0.05) is 6.54 Å². The molecule has 9 heteroatoms. The molecule has 0 saturated carbocycles. The minimum atomic E-state index is -3.88. The van der Waals surface area contributed by atoms with Crippen LogP contribution in [0.15, 0.2) is 15.7 Å². The second-order valence-corrected chi connectivity index (χ2v) is 7.01. The zero-order valence-corrected chi connectivity index (χ0v) is 11.5. The van der Waals surface area contributed by atoms with Crippen molar-refractivity contribution < 1.29 is 23.1 Å². The van der Waals surface area contributed by atoms with Crippen molar-refractivity contribution in [1.82, 2.24) is 4.31 Å². The third kappa shape index (κ3) is 2.39. The van der Waals surface area contributed by atoms with Crippen LogP contribution in [-0.2, 0) is 19.6 Å². The van der Waals surface area contributed by atoms with E-state index in [1.165, 1.54) is 6.07 Å². The van der Waals surface area contributed by atoms with Crippen LogP contribution in [-0.4, -0.2) is 49.6 Å². The Morgan fingerprint density at radius 1 is 1.61 bits per heavy atom. The van der Waals surface area contributed by atoms with E-state index in [-0.39, 0.29) is 29.0 Å². The maximum Gasteiger partial charge on any atom is 0.324 e. The molecule has 1 fully saturated rings. The summed E-state index contributed by atoms with van der Waals surface area (Å²) in [4.78, 5) is 11.1. The van der Waals surface area contributed by atoms with E-state index in [0.717, 1.165) is 15.6 Å². The Bertz CT molecular complexity index is 555. The molecular weight excluding hydrogens is 302 g/mol. The van der Waals surface area contributed by atoms with E-state index in [4.69, 9.17) is 21.4 Å². The lowest BCUT2D eigenvalue weighted by atomic mass is 10.3. The molecule has 100 valence electrons. The van der Waals surface area contributed by atoms with Crippen molar-refractivity contribution in [3.05, 3.63) is 16.5 Å². The first kappa shape index (κ1) is 13.8. The first-order chi connectivity index (χ1) is 8.44. The van der Waals surface area contributed by atoms with Crippen molar-refractivity contribution in [2.45, 2.75) is 10.3 Å². The first-order valence-electron chi connectivity index (χ1n) is 5.00. The standard InChI is InChI=1S/C9H10ClNO5S2/c10-6-1-4-17-9(6)18(14,15)11-2-3-16-5-7(11)8(12)13/h1,4,7H,2-3,5H2,(H,12,13). The van der Waals surface area contributed by atoms with E-state index < -0.39 is 22.0 Å². The van der Waals surface area contributed by atoms with E-state index in [9.17, 15) is 13.2 Å². The highest BCUT2D eigenvalue weighted by molar-refractivity contribution is 7.91. The SMILES string of the molecule is O=C(O)C1COCCN1S(=O)(=O)c1sccc1Cl. The van der Waals surface area contributed by atoms with Crippen molar-refractivity contribution in [2.24, 2.45) is 0 Å². The zero-order valence-electron chi connectivity index (χ0n) is 9.08. The second-order valence-electron chi connectivity index (χ2n) is 3.60. The number of aliphatic carboxylic acids is 1. The fourth-order valence-corrected chi connectivity index (χ4v) is 4.98. The molecule has 1 aliphatic rings. The molecule has 2 heterocycles. The Morgan fingerprint density at radius 3 is 2.89 bits per heavy atom. The molecule has 0 aliphatic carbocycles. The van der Waals surface area contributed by atoms with Crippen molar-refractivity contribution in [2.75, 3.05) is 19.8 Å². The van der Waals surface area contributed by atoms with Crippen molar-refractivity contribution >= 4 is 38.9 Å². The van der Waals surface area contributed by atoms with Crippen LogP contribution in [0.1, 0.15) is 0 Å². The Kier molecular flexibility index (Phi) is 3.93. The van der Waals surface area contributed by atoms with Gasteiger partial charge in [-0.15, -0.1) is 11.3 Å². The lowest BCUT2D eigenvalue weighted by Gasteiger charge is -2.31. The van der Waals surface area contributed by atoms with Crippen LogP contribution in [0.3, 0.4) is 0 Å². The fraction of sp³-hybridized carbons (Fsp3) is 0.444. The van der Waals surface area contributed by atoms with E-state index in [2.05, 4.69) is 0 Å². The van der Waals surface area contributed by atoms with Crippen LogP contribution >= 0.6 is 22.9 Å². The monoisotopic (exact) mass is 311 g/mol. The zero-order chi connectivity index (χ0) is 13.3. The molecule has 1 N–H and O–H groups in total. The number of sulfonamides is 1. The van der Waals surface area contributed by atoms with Crippen molar-refractivity contribution in [3.8, 4) is 0 Å². The number of carboxylic acids is 1. The molecule has 0 radical (unpaired) electrons. The number of thiophene rings is 1. The lowest BCUT2D eigenvalue weighted by Crippen LogP contribution is -2.52. The Hall–Kier alpha value is -0.670. The number of ether oxygens (including phenoxy) is 1. The number of hydrogen-bond acceptors (Lipinski definition) is 5. The first-order valence-corrected chi connectivity index (χ1v) is 7.69. The van der Waals surface area contributed by atoms with Gasteiger partial charge in [0.1, 0.15) is 6.04 Å². The summed E-state index contributed by atoms with van der Waals surface area (Å²) in [5, 5.41) is 10.7. The van der Waals surface area contributed by atoms with Gasteiger partial charge in [-0.3, -0.25) is 4.79 Å². The summed E-state index contributed by atoms with van der Waals surface area (Å²) in [5.41, 5.74) is 0. The molecule has 1 aromatic heterocycles. The molecule has 6 nitrogen and oxygen atoms in total. The van der Waals surface area contributed by atoms with Crippen LogP contribution in [0, 0.1) is 0 Å². The largest absolute Gasteiger partial charge is 0.480 e. The third-order valence-corrected chi connectivity index (χ3v) is 6.40. The molecular formula is C9H10ClNO5S2. The number of halogens is 1. The molecule has 1 unspecified atom stereocenters. The quantitative estimate of drug-likeness (QED) is 0.895. The van der Waals surface area contributed by atoms with Gasteiger partial charge in [0.05, 0.1) is 18.2 Å². The van der Waals surface area contributed by atoms with Gasteiger partial charge in [-0.25, -0.2) is 8.42 Å². The van der Waals surface area contributed by atoms with Crippen molar-refractivity contribution in [3.63, 3.8) is 0 Å². The molecule has 0 bridgehead atoms. The van der Waals surface area contributed by atoms with Gasteiger partial charge >= 0.3 is 5.97 Å². The topological polar surface area (TPSA) is 83.9 Å². The lowest BCUT2D eigenvalue weighted by molar-refractivity contribution is -0.146. The highest BCUT2D eigenvalue weighted by Crippen LogP contribution is 2.31. The maximum absolute atomic E-state index is 12.3. The maximum atomic E-state index is 12.3. The van der Waals surface area contributed by atoms with Crippen LogP contribution < -0.4 is 0 Å². The summed E-state index contributed by atoms with van der Waals surface area (Å²) in [7, 11) is -3.88. The predicted octanol–water partition coefficient (Wildman–Crippen LogP) is 0.876. The number of nitrogens with zero attached hydrogens (tertiary/aromatic N) is 1. The molecule has 1 atom stereocenters. The van der Waals surface area contributed by atoms with Crippen molar-refractivity contribution in [1.29, 1.82) is 0 Å². The minimum absolute atomic E-state index is 0.00747. The summed E-state index contributed by atoms with van der Waals surface area (Å²) in [5.74, 6) is -1.23. The summed E-state index contributed by atoms with van der Waals surface area (Å²) in [6.07, 6.45) is 0. The average molecular weight is 312 g/mol. The number of carbonyl (C=O) groups is 1. The van der Waals surface area contributed by atoms with E-state index in [1.807, 2.05) is 0 Å². The Balaban J connectivity index is 2.39. The normalized spacial score (nSPS) is 21.9. The summed E-state index contributed by atoms with van der Waals surface area (Å²) >= 11 is 6.77. The molecule has 18 heavy (non-hydrogen) atoms. The summed E-state index contributed by atoms with van der Waals surface area (Å²) in [6.45, 7) is 0.0249. The van der Waals surface area contributed by atoms with Crippen LogP contribution in [0.4, 0.5) is 0 Å². The smallest absolute Gasteiger partial charge is 0.324 e. The van der Waals surface area contributed by atoms with Gasteiger partial charge in [-0.2, -0.15) is 4.31 Å². The number of morpholine rings is 1. The number of rotatable bonds is 3. The number of carboxylic acid groups (broad SMARTS) is 1. The molecule has 0 spiro atoms. The molecule has 0 amide bonds. The molecule has 2 rings (SSSR count). The minimum Gasteiger partial charge on any atom is -0.480 e. The van der Waals surface area contributed by atoms with Gasteiger partial charge in [-0.05, 0) is 11.4 Å². The van der Waals surface area contributed by atoms with Gasteiger partial charge in [0.25, 0.3) is 10.0 Å². The Morgan fingerprint density at radius 2 is 2.33 bits per heavy atom. The number of hydrogen-bond donors (Lipinski definition) is 1. The second kappa shape index (κ2) is 5.14. The van der Waals surface area contributed by atoms with Crippen LogP contribution in [0.2, 0.25) is 5.02 Å². The van der Waals surface area contributed by atoms with Gasteiger partial charge in [0.15, 0.2) is 4.21 Å². The van der Waals surface area contributed by atoms with Gasteiger partial charge < -0.3 is 9.84 Å². The van der Waals surface area contributed by atoms with E-state index >= 15 is 0 Å². The summed E-state index contributed by atoms with van der Waals surface area (Å²) < 4.78 is 30.5. The highest BCUT2D eigenvalue weighted by Gasteiger charge is 2.39. The highest BCUT2D eigenvalue weighted by atomic mass is 35.5. The van der Waals surface area contributed by atoms with Gasteiger partial charge in [0.2, 0.25) is 0 Å². The van der Waals surface area contributed by atoms with Crippen LogP contribution in [0.25, 0.3) is 0 Å². The molecule has 1 saturated heterocycles. The van der Waals surface area contributed by atoms with E-state index in [0.29, 0.717) is 0 Å². The Labute approximate surface area is 113 Å². The van der Waals surface area contributed by atoms with Crippen LogP contribution in [0.5, 0.6) is 0 Å². The van der Waals surface area contributed by atoms with Gasteiger partial charge in [-0.1, -0.05) is 11.6 Å². The molecule has 1 aromatic rings. The fourth-order valence-electron chi connectivity index (χ4n) is 1.64. The average Bonchev–Trinajstić information content (AvgIpc) is 2.76. The predicted molar refractivity (Wildman–Crippen MR) is 65.5 cm³/mol. The summed E-state index contributed by atoms with van der Waals surface area (Å²) in [6, 6.07) is 0.261.